The van der Waals surface area contributed by atoms with Crippen molar-refractivity contribution in [3.8, 4) is 22.9 Å². The number of pyridine rings is 1. The van der Waals surface area contributed by atoms with Crippen LogP contribution in [0, 0.1) is 11.3 Å². The summed E-state index contributed by atoms with van der Waals surface area (Å²) in [5.41, 5.74) is 8.66. The van der Waals surface area contributed by atoms with E-state index in [9.17, 15) is 15.2 Å². The molecule has 3 aromatic rings. The Kier molecular flexibility index (Phi) is 5.05. The van der Waals surface area contributed by atoms with Crippen LogP contribution in [0.2, 0.25) is 0 Å². The molecular formula is C22H23N5O4. The lowest BCUT2D eigenvalue weighted by atomic mass is 9.87. The minimum Gasteiger partial charge on any atom is -0.489 e. The highest BCUT2D eigenvalue weighted by Gasteiger charge is 2.40. The van der Waals surface area contributed by atoms with Gasteiger partial charge in [-0.25, -0.2) is 9.31 Å². The molecule has 0 spiro atoms. The van der Waals surface area contributed by atoms with Crippen molar-refractivity contribution in [2.75, 3.05) is 13.2 Å². The molecule has 1 aromatic carbocycles. The van der Waals surface area contributed by atoms with Crippen molar-refractivity contribution < 1.29 is 19.7 Å². The molecule has 4 N–H and O–H groups in total. The molecule has 160 valence electrons. The lowest BCUT2D eigenvalue weighted by Gasteiger charge is -2.44. The highest BCUT2D eigenvalue weighted by Crippen LogP contribution is 2.35. The number of fused-ring (bicyclic) bond motifs is 1. The Morgan fingerprint density at radius 2 is 2.10 bits per heavy atom. The van der Waals surface area contributed by atoms with E-state index in [1.807, 2.05) is 30.3 Å². The number of carboxylic acid groups (broad SMARTS) is 1. The van der Waals surface area contributed by atoms with Crippen LogP contribution in [0.25, 0.3) is 16.6 Å². The molecule has 31 heavy (non-hydrogen) atoms. The van der Waals surface area contributed by atoms with Gasteiger partial charge in [-0.05, 0) is 31.0 Å². The number of nitrogens with zero attached hydrogens (tertiary/aromatic N) is 4. The lowest BCUT2D eigenvalue weighted by Crippen LogP contribution is -2.61. The monoisotopic (exact) mass is 421 g/mol. The summed E-state index contributed by atoms with van der Waals surface area (Å²) >= 11 is 0. The molecule has 3 heterocycles. The quantitative estimate of drug-likeness (QED) is 0.575. The van der Waals surface area contributed by atoms with Gasteiger partial charge >= 0.3 is 6.09 Å². The Morgan fingerprint density at radius 3 is 2.68 bits per heavy atom. The van der Waals surface area contributed by atoms with Crippen LogP contribution in [0.5, 0.6) is 5.75 Å². The van der Waals surface area contributed by atoms with Crippen molar-refractivity contribution in [2.24, 2.45) is 5.73 Å². The number of hydrogen-bond donors (Lipinski definition) is 3. The number of aromatic nitrogens is 2. The highest BCUT2D eigenvalue weighted by molar-refractivity contribution is 5.85. The summed E-state index contributed by atoms with van der Waals surface area (Å²) in [5.74, 6) is 0.454. The van der Waals surface area contributed by atoms with Gasteiger partial charge in [-0.3, -0.25) is 4.90 Å². The fourth-order valence-electron chi connectivity index (χ4n) is 3.68. The third kappa shape index (κ3) is 3.91. The molecule has 1 aliphatic heterocycles. The summed E-state index contributed by atoms with van der Waals surface area (Å²) in [4.78, 5) is 12.3. The molecular weight excluding hydrogens is 398 g/mol. The molecule has 4 rings (SSSR count). The molecule has 1 amide bonds. The zero-order valence-corrected chi connectivity index (χ0v) is 17.2. The zero-order chi connectivity index (χ0) is 22.3. The van der Waals surface area contributed by atoms with Crippen molar-refractivity contribution in [3.05, 3.63) is 53.9 Å². The second-order valence-electron chi connectivity index (χ2n) is 8.31. The van der Waals surface area contributed by atoms with Gasteiger partial charge in [0.2, 0.25) is 0 Å². The summed E-state index contributed by atoms with van der Waals surface area (Å²) in [6, 6.07) is 11.6. The maximum absolute atomic E-state index is 11.1. The van der Waals surface area contributed by atoms with Crippen LogP contribution >= 0.6 is 0 Å². The minimum atomic E-state index is -1.02. The van der Waals surface area contributed by atoms with Gasteiger partial charge in [-0.1, -0.05) is 24.3 Å². The summed E-state index contributed by atoms with van der Waals surface area (Å²) in [6.07, 6.45) is 1.60. The fraction of sp³-hybridized carbons (Fsp3) is 0.318. The van der Waals surface area contributed by atoms with Crippen LogP contribution in [0.15, 0.2) is 42.7 Å². The van der Waals surface area contributed by atoms with E-state index in [1.54, 1.807) is 24.6 Å². The van der Waals surface area contributed by atoms with Crippen LogP contribution in [-0.2, 0) is 0 Å². The van der Waals surface area contributed by atoms with Gasteiger partial charge < -0.3 is 20.7 Å². The Balaban J connectivity index is 1.68. The van der Waals surface area contributed by atoms with Crippen molar-refractivity contribution in [1.82, 2.24) is 14.5 Å². The molecule has 2 unspecified atom stereocenters. The number of benzene rings is 1. The number of nitriles is 1. The largest absolute Gasteiger partial charge is 0.489 e. The summed E-state index contributed by atoms with van der Waals surface area (Å²) in [7, 11) is 0. The predicted octanol–water partition coefficient (Wildman–Crippen LogP) is 2.38. The molecule has 0 bridgehead atoms. The Labute approximate surface area is 178 Å². The second kappa shape index (κ2) is 7.58. The Morgan fingerprint density at radius 1 is 1.39 bits per heavy atom. The van der Waals surface area contributed by atoms with E-state index in [2.05, 4.69) is 11.2 Å². The highest BCUT2D eigenvalue weighted by atomic mass is 16.5. The third-order valence-corrected chi connectivity index (χ3v) is 5.36. The van der Waals surface area contributed by atoms with E-state index in [0.717, 1.165) is 16.7 Å². The first-order chi connectivity index (χ1) is 14.7. The average molecular weight is 421 g/mol. The smallest absolute Gasteiger partial charge is 0.408 e. The summed E-state index contributed by atoms with van der Waals surface area (Å²) in [5, 5.41) is 32.8. The van der Waals surface area contributed by atoms with Gasteiger partial charge in [-0.15, -0.1) is 0 Å². The maximum atomic E-state index is 11.1. The van der Waals surface area contributed by atoms with Crippen LogP contribution in [0.4, 0.5) is 4.79 Å². The maximum Gasteiger partial charge on any atom is 0.408 e. The molecule has 2 atom stereocenters. The fourth-order valence-corrected chi connectivity index (χ4v) is 3.68. The van der Waals surface area contributed by atoms with Crippen LogP contribution < -0.4 is 10.5 Å². The number of aliphatic hydroxyl groups is 1. The van der Waals surface area contributed by atoms with E-state index in [1.165, 1.54) is 11.1 Å². The first-order valence-electron chi connectivity index (χ1n) is 9.80. The van der Waals surface area contributed by atoms with Crippen molar-refractivity contribution >= 4 is 11.6 Å². The third-order valence-electron chi connectivity index (χ3n) is 5.36. The molecule has 2 aromatic heterocycles. The molecule has 0 saturated carbocycles. The predicted molar refractivity (Wildman–Crippen MR) is 113 cm³/mol. The number of likely N-dealkylation sites (tertiary alicyclic amines) is 1. The molecule has 9 heteroatoms. The van der Waals surface area contributed by atoms with Crippen LogP contribution in [0.1, 0.15) is 30.9 Å². The van der Waals surface area contributed by atoms with Crippen molar-refractivity contribution in [2.45, 2.75) is 31.5 Å². The summed E-state index contributed by atoms with van der Waals surface area (Å²) < 4.78 is 7.34. The summed E-state index contributed by atoms with van der Waals surface area (Å²) in [6.45, 7) is 3.78. The van der Waals surface area contributed by atoms with Gasteiger partial charge in [0.05, 0.1) is 35.2 Å². The number of rotatable bonds is 5. The van der Waals surface area contributed by atoms with Gasteiger partial charge in [0.25, 0.3) is 0 Å². The molecule has 1 aliphatic rings. The second-order valence-corrected chi connectivity index (χ2v) is 8.31. The molecule has 0 aliphatic carbocycles. The zero-order valence-electron chi connectivity index (χ0n) is 17.2. The average Bonchev–Trinajstić information content (AvgIpc) is 3.13. The first kappa shape index (κ1) is 20.7. The number of carbonyl (C=O) groups is 1. The minimum absolute atomic E-state index is 0.0590. The standard InChI is InChI=1S/C22H23N5O4/c1-22(2,30)12-31-16-7-17(19-15(8-23)9-25-27(19)10-16)13-3-5-14(6-4-13)18-11-26(20(18)24)21(28)29/h3-7,9-10,18,20,30H,11-12,24H2,1-2H3,(H,28,29). The van der Waals surface area contributed by atoms with E-state index >= 15 is 0 Å². The van der Waals surface area contributed by atoms with E-state index < -0.39 is 17.9 Å². The number of amides is 1. The molecule has 1 saturated heterocycles. The van der Waals surface area contributed by atoms with Gasteiger partial charge in [0.1, 0.15) is 18.4 Å². The van der Waals surface area contributed by atoms with Crippen molar-refractivity contribution in [3.63, 3.8) is 0 Å². The van der Waals surface area contributed by atoms with E-state index in [4.69, 9.17) is 15.6 Å². The van der Waals surface area contributed by atoms with Gasteiger partial charge in [0.15, 0.2) is 0 Å². The Hall–Kier alpha value is -3.61. The Bertz CT molecular complexity index is 1170. The molecule has 0 radical (unpaired) electrons. The normalized spacial score (nSPS) is 18.5. The molecule has 9 nitrogen and oxygen atoms in total. The van der Waals surface area contributed by atoms with Crippen LogP contribution in [-0.4, -0.2) is 55.7 Å². The lowest BCUT2D eigenvalue weighted by molar-refractivity contribution is 0.0283. The van der Waals surface area contributed by atoms with Gasteiger partial charge in [-0.2, -0.15) is 10.4 Å². The van der Waals surface area contributed by atoms with Crippen LogP contribution in [0.3, 0.4) is 0 Å². The van der Waals surface area contributed by atoms with E-state index in [-0.39, 0.29) is 12.5 Å². The number of hydrogen-bond acceptors (Lipinski definition) is 6. The first-order valence-corrected chi connectivity index (χ1v) is 9.80. The van der Waals surface area contributed by atoms with E-state index in [0.29, 0.717) is 23.4 Å². The van der Waals surface area contributed by atoms with Gasteiger partial charge in [0, 0.05) is 18.0 Å². The SMILES string of the molecule is CC(C)(O)COc1cc(-c2ccc(C3CN(C(=O)O)C3N)cc2)c2c(C#N)cnn2c1. The molecule has 1 fully saturated rings. The van der Waals surface area contributed by atoms with Crippen molar-refractivity contribution in [1.29, 1.82) is 5.26 Å². The topological polar surface area (TPSA) is 137 Å². The number of nitrogens with two attached hydrogens (primary N) is 1. The number of ether oxygens (including phenoxy) is 1.